The van der Waals surface area contributed by atoms with Crippen molar-refractivity contribution in [3.63, 3.8) is 0 Å². The fourth-order valence-corrected chi connectivity index (χ4v) is 1.93. The van der Waals surface area contributed by atoms with E-state index in [-0.39, 0.29) is 5.92 Å². The minimum atomic E-state index is 0.215. The van der Waals surface area contributed by atoms with Gasteiger partial charge in [-0.2, -0.15) is 0 Å². The lowest BCUT2D eigenvalue weighted by Crippen LogP contribution is -2.14. The second kappa shape index (κ2) is 6.81. The number of hydrazine groups is 1. The lowest BCUT2D eigenvalue weighted by Gasteiger charge is -2.15. The molecule has 0 aliphatic rings. The summed E-state index contributed by atoms with van der Waals surface area (Å²) in [5.74, 6) is 6.85. The molecule has 0 bridgehead atoms. The number of nitrogens with two attached hydrogens (primary N) is 1. The van der Waals surface area contributed by atoms with Crippen molar-refractivity contribution in [3.05, 3.63) is 42.0 Å². The Labute approximate surface area is 118 Å². The summed E-state index contributed by atoms with van der Waals surface area (Å²) in [6, 6.07) is 5.83. The third-order valence-electron chi connectivity index (χ3n) is 2.88. The van der Waals surface area contributed by atoms with E-state index in [1.807, 2.05) is 32.0 Å². The molecular weight excluding hydrogens is 254 g/mol. The summed E-state index contributed by atoms with van der Waals surface area (Å²) in [5, 5.41) is 0. The molecule has 0 aromatic carbocycles. The van der Waals surface area contributed by atoms with E-state index in [2.05, 4.69) is 20.4 Å². The highest BCUT2D eigenvalue weighted by Gasteiger charge is 2.15. The molecule has 3 N–H and O–H groups in total. The van der Waals surface area contributed by atoms with Gasteiger partial charge in [0.15, 0.2) is 5.82 Å². The van der Waals surface area contributed by atoms with E-state index in [1.54, 1.807) is 6.20 Å². The van der Waals surface area contributed by atoms with Gasteiger partial charge in [0.25, 0.3) is 0 Å². The molecule has 0 unspecified atom stereocenters. The van der Waals surface area contributed by atoms with E-state index < -0.39 is 0 Å². The third-order valence-corrected chi connectivity index (χ3v) is 2.88. The number of hydrogen-bond acceptors (Lipinski definition) is 6. The van der Waals surface area contributed by atoms with Gasteiger partial charge in [-0.05, 0) is 18.1 Å². The zero-order chi connectivity index (χ0) is 14.4. The van der Waals surface area contributed by atoms with E-state index >= 15 is 0 Å². The van der Waals surface area contributed by atoms with E-state index in [9.17, 15) is 0 Å². The van der Waals surface area contributed by atoms with Gasteiger partial charge >= 0.3 is 0 Å². The molecule has 0 aliphatic carbocycles. The van der Waals surface area contributed by atoms with Crippen LogP contribution in [0, 0.1) is 0 Å². The van der Waals surface area contributed by atoms with E-state index in [0.717, 1.165) is 17.7 Å². The fraction of sp³-hybridized carbons (Fsp3) is 0.357. The molecule has 6 nitrogen and oxygen atoms in total. The van der Waals surface area contributed by atoms with Crippen LogP contribution < -0.4 is 16.0 Å². The quantitative estimate of drug-likeness (QED) is 0.617. The standard InChI is InChI=1S/C14H19N5O/c1-10(2)12-13(19-15)17-9-18-14(12)20-8-6-11-5-3-4-7-16-11/h3-5,7,9-10H,6,8,15H2,1-2H3,(H,17,18,19). The van der Waals surface area contributed by atoms with Crippen LogP contribution in [0.2, 0.25) is 0 Å². The van der Waals surface area contributed by atoms with Crippen LogP contribution in [0.3, 0.4) is 0 Å². The fourth-order valence-electron chi connectivity index (χ4n) is 1.93. The first-order valence-electron chi connectivity index (χ1n) is 6.56. The Balaban J connectivity index is 2.06. The molecule has 0 aliphatic heterocycles. The molecule has 0 spiro atoms. The van der Waals surface area contributed by atoms with E-state index in [1.165, 1.54) is 6.33 Å². The summed E-state index contributed by atoms with van der Waals surface area (Å²) in [6.45, 7) is 4.61. The topological polar surface area (TPSA) is 86.0 Å². The number of pyridine rings is 1. The van der Waals surface area contributed by atoms with Crippen LogP contribution in [0.5, 0.6) is 5.88 Å². The summed E-state index contributed by atoms with van der Waals surface area (Å²) in [7, 11) is 0. The number of anilines is 1. The van der Waals surface area contributed by atoms with Crippen molar-refractivity contribution in [2.45, 2.75) is 26.2 Å². The number of nitrogens with one attached hydrogen (secondary N) is 1. The number of nitrogens with zero attached hydrogens (tertiary/aromatic N) is 3. The van der Waals surface area contributed by atoms with Crippen molar-refractivity contribution in [1.29, 1.82) is 0 Å². The molecule has 0 fully saturated rings. The third kappa shape index (κ3) is 3.42. The molecule has 2 rings (SSSR count). The summed E-state index contributed by atoms with van der Waals surface area (Å²) in [6.07, 6.45) is 3.95. The first-order chi connectivity index (χ1) is 9.72. The van der Waals surface area contributed by atoms with Gasteiger partial charge in [0.1, 0.15) is 6.33 Å². The number of nitrogen functional groups attached to an aromatic ring is 1. The summed E-state index contributed by atoms with van der Waals surface area (Å²) in [5.41, 5.74) is 4.46. The Morgan fingerprint density at radius 2 is 2.10 bits per heavy atom. The molecule has 0 amide bonds. The lowest BCUT2D eigenvalue weighted by molar-refractivity contribution is 0.303. The Bertz CT molecular complexity index is 545. The van der Waals surface area contributed by atoms with Gasteiger partial charge in [-0.1, -0.05) is 19.9 Å². The normalized spacial score (nSPS) is 10.6. The zero-order valence-electron chi connectivity index (χ0n) is 11.7. The van der Waals surface area contributed by atoms with Crippen LogP contribution in [0.15, 0.2) is 30.7 Å². The molecule has 106 valence electrons. The largest absolute Gasteiger partial charge is 0.477 e. The van der Waals surface area contributed by atoms with Gasteiger partial charge in [-0.25, -0.2) is 15.8 Å². The van der Waals surface area contributed by atoms with E-state index in [4.69, 9.17) is 10.6 Å². The maximum atomic E-state index is 5.76. The maximum absolute atomic E-state index is 5.76. The van der Waals surface area contributed by atoms with Gasteiger partial charge in [-0.3, -0.25) is 4.98 Å². The van der Waals surface area contributed by atoms with Crippen molar-refractivity contribution in [2.24, 2.45) is 5.84 Å². The highest BCUT2D eigenvalue weighted by atomic mass is 16.5. The van der Waals surface area contributed by atoms with Crippen LogP contribution >= 0.6 is 0 Å². The van der Waals surface area contributed by atoms with Gasteiger partial charge in [0.2, 0.25) is 5.88 Å². The predicted molar refractivity (Wildman–Crippen MR) is 77.4 cm³/mol. The number of rotatable bonds is 6. The monoisotopic (exact) mass is 273 g/mol. The van der Waals surface area contributed by atoms with Gasteiger partial charge in [0.05, 0.1) is 12.2 Å². The second-order valence-corrected chi connectivity index (χ2v) is 4.66. The van der Waals surface area contributed by atoms with Crippen LogP contribution in [-0.4, -0.2) is 21.6 Å². The lowest BCUT2D eigenvalue weighted by atomic mass is 10.1. The van der Waals surface area contributed by atoms with Crippen molar-refractivity contribution in [1.82, 2.24) is 15.0 Å². The second-order valence-electron chi connectivity index (χ2n) is 4.66. The van der Waals surface area contributed by atoms with E-state index in [0.29, 0.717) is 18.3 Å². The molecule has 2 aromatic heterocycles. The van der Waals surface area contributed by atoms with Gasteiger partial charge in [-0.15, -0.1) is 0 Å². The molecule has 20 heavy (non-hydrogen) atoms. The van der Waals surface area contributed by atoms with Crippen molar-refractivity contribution >= 4 is 5.82 Å². The zero-order valence-corrected chi connectivity index (χ0v) is 11.7. The number of aromatic nitrogens is 3. The average molecular weight is 273 g/mol. The van der Waals surface area contributed by atoms with Gasteiger partial charge in [0, 0.05) is 18.3 Å². The number of hydrogen-bond donors (Lipinski definition) is 2. The summed E-state index contributed by atoms with van der Waals surface area (Å²) >= 11 is 0. The maximum Gasteiger partial charge on any atom is 0.222 e. The predicted octanol–water partition coefficient (Wildman–Crippen LogP) is 1.90. The molecule has 0 saturated carbocycles. The first-order valence-corrected chi connectivity index (χ1v) is 6.56. The Hall–Kier alpha value is -2.21. The molecule has 2 heterocycles. The minimum absolute atomic E-state index is 0.215. The molecular formula is C14H19N5O. The Morgan fingerprint density at radius 3 is 2.75 bits per heavy atom. The highest BCUT2D eigenvalue weighted by Crippen LogP contribution is 2.29. The molecule has 6 heteroatoms. The van der Waals surface area contributed by atoms with Crippen LogP contribution in [-0.2, 0) is 6.42 Å². The molecule has 2 aromatic rings. The molecule has 0 saturated heterocycles. The van der Waals surface area contributed by atoms with Crippen molar-refractivity contribution in [2.75, 3.05) is 12.0 Å². The Kier molecular flexibility index (Phi) is 4.84. The van der Waals surface area contributed by atoms with Crippen LogP contribution in [0.4, 0.5) is 5.82 Å². The minimum Gasteiger partial charge on any atom is -0.477 e. The molecule has 0 radical (unpaired) electrons. The first kappa shape index (κ1) is 14.2. The average Bonchev–Trinajstić information content (AvgIpc) is 2.47. The van der Waals surface area contributed by atoms with Crippen LogP contribution in [0.1, 0.15) is 31.0 Å². The SMILES string of the molecule is CC(C)c1c(NN)ncnc1OCCc1ccccn1. The summed E-state index contributed by atoms with van der Waals surface area (Å²) < 4.78 is 5.76. The molecule has 0 atom stereocenters. The van der Waals surface area contributed by atoms with Crippen molar-refractivity contribution in [3.8, 4) is 5.88 Å². The number of ether oxygens (including phenoxy) is 1. The Morgan fingerprint density at radius 1 is 1.25 bits per heavy atom. The van der Waals surface area contributed by atoms with Crippen molar-refractivity contribution < 1.29 is 4.74 Å². The highest BCUT2D eigenvalue weighted by molar-refractivity contribution is 5.49. The van der Waals surface area contributed by atoms with Gasteiger partial charge < -0.3 is 10.2 Å². The smallest absolute Gasteiger partial charge is 0.222 e. The van der Waals surface area contributed by atoms with Crippen LogP contribution in [0.25, 0.3) is 0 Å². The summed E-state index contributed by atoms with van der Waals surface area (Å²) in [4.78, 5) is 12.6.